The van der Waals surface area contributed by atoms with Crippen LogP contribution in [0.15, 0.2) is 48.6 Å². The van der Waals surface area contributed by atoms with Crippen LogP contribution in [0.4, 0.5) is 0 Å². The molecule has 4 unspecified atom stereocenters. The van der Waals surface area contributed by atoms with Crippen LogP contribution < -0.4 is 0 Å². The monoisotopic (exact) mass is 264 g/mol. The van der Waals surface area contributed by atoms with Gasteiger partial charge in [-0.05, 0) is 72.0 Å². The Kier molecular flexibility index (Phi) is 2.70. The normalized spacial score (nSPS) is 38.5. The van der Waals surface area contributed by atoms with E-state index in [0.29, 0.717) is 5.41 Å². The summed E-state index contributed by atoms with van der Waals surface area (Å²) < 4.78 is 0. The fourth-order valence-electron chi connectivity index (χ4n) is 5.44. The second-order valence-corrected chi connectivity index (χ2v) is 7.17. The summed E-state index contributed by atoms with van der Waals surface area (Å²) in [4.78, 5) is 0. The van der Waals surface area contributed by atoms with E-state index in [4.69, 9.17) is 0 Å². The molecule has 1 saturated carbocycles. The minimum Gasteiger partial charge on any atom is -0.0988 e. The van der Waals surface area contributed by atoms with Gasteiger partial charge < -0.3 is 0 Å². The molecule has 0 amide bonds. The Bertz CT molecular complexity index is 579. The number of fused-ring (bicyclic) bond motifs is 5. The molecule has 0 aromatic heterocycles. The van der Waals surface area contributed by atoms with Gasteiger partial charge >= 0.3 is 0 Å². The maximum Gasteiger partial charge on any atom is -0.00444 e. The summed E-state index contributed by atoms with van der Waals surface area (Å²) in [6.45, 7) is 6.55. The Morgan fingerprint density at radius 3 is 2.95 bits per heavy atom. The number of benzene rings is 1. The summed E-state index contributed by atoms with van der Waals surface area (Å²) in [7, 11) is 0. The first kappa shape index (κ1) is 12.4. The quantitative estimate of drug-likeness (QED) is 0.648. The molecule has 0 bridgehead atoms. The summed E-state index contributed by atoms with van der Waals surface area (Å²) in [6, 6.07) is 9.18. The van der Waals surface area contributed by atoms with E-state index in [1.54, 1.807) is 11.1 Å². The predicted octanol–water partition coefficient (Wildman–Crippen LogP) is 5.27. The molecule has 0 heteroatoms. The molecule has 20 heavy (non-hydrogen) atoms. The number of allylic oxidation sites excluding steroid dienone is 3. The van der Waals surface area contributed by atoms with Gasteiger partial charge in [0.15, 0.2) is 0 Å². The highest BCUT2D eigenvalue weighted by Gasteiger charge is 2.50. The van der Waals surface area contributed by atoms with Gasteiger partial charge in [0.1, 0.15) is 0 Å². The van der Waals surface area contributed by atoms with E-state index in [0.717, 1.165) is 17.8 Å². The zero-order valence-corrected chi connectivity index (χ0v) is 12.4. The molecule has 0 spiro atoms. The van der Waals surface area contributed by atoms with Crippen molar-refractivity contribution >= 4 is 0 Å². The molecule has 3 aliphatic carbocycles. The first-order valence-electron chi connectivity index (χ1n) is 8.15. The van der Waals surface area contributed by atoms with Gasteiger partial charge in [0.25, 0.3) is 0 Å². The van der Waals surface area contributed by atoms with Crippen molar-refractivity contribution in [1.29, 1.82) is 0 Å². The molecule has 0 nitrogen and oxygen atoms in total. The summed E-state index contributed by atoms with van der Waals surface area (Å²) >= 11 is 0. The molecule has 0 aliphatic heterocycles. The molecule has 3 aliphatic rings. The third-order valence-electron chi connectivity index (χ3n) is 6.50. The van der Waals surface area contributed by atoms with E-state index in [1.165, 1.54) is 37.7 Å². The lowest BCUT2D eigenvalue weighted by molar-refractivity contribution is 0.0775. The Hall–Kier alpha value is -1.30. The van der Waals surface area contributed by atoms with Crippen LogP contribution >= 0.6 is 0 Å². The van der Waals surface area contributed by atoms with Crippen molar-refractivity contribution in [3.63, 3.8) is 0 Å². The average Bonchev–Trinajstić information content (AvgIpc) is 2.83. The second kappa shape index (κ2) is 4.35. The molecule has 1 aromatic carbocycles. The standard InChI is InChI=1S/C20H24/c1-3-15-9-11-19-18-10-8-14-6-4-5-7-16(14)17(18)12-13-20(15,19)2/h3-7,9,17-19H,1,8,10-13H2,2H3. The molecule has 0 heterocycles. The topological polar surface area (TPSA) is 0 Å². The lowest BCUT2D eigenvalue weighted by atomic mass is 9.54. The van der Waals surface area contributed by atoms with Crippen molar-refractivity contribution in [3.8, 4) is 0 Å². The highest BCUT2D eigenvalue weighted by atomic mass is 14.5. The second-order valence-electron chi connectivity index (χ2n) is 7.17. The van der Waals surface area contributed by atoms with Gasteiger partial charge in [-0.1, -0.05) is 49.9 Å². The SMILES string of the molecule is C=CC1=CCC2C3CCc4ccccc4C3CCC12C. The Labute approximate surface area is 122 Å². The molecule has 1 fully saturated rings. The van der Waals surface area contributed by atoms with E-state index >= 15 is 0 Å². The third-order valence-corrected chi connectivity index (χ3v) is 6.50. The van der Waals surface area contributed by atoms with Crippen molar-refractivity contribution < 1.29 is 0 Å². The highest BCUT2D eigenvalue weighted by molar-refractivity contribution is 5.38. The van der Waals surface area contributed by atoms with E-state index in [1.807, 2.05) is 0 Å². The van der Waals surface area contributed by atoms with Crippen LogP contribution in [0, 0.1) is 17.3 Å². The summed E-state index contributed by atoms with van der Waals surface area (Å²) in [5, 5.41) is 0. The zero-order chi connectivity index (χ0) is 13.7. The minimum absolute atomic E-state index is 0.412. The maximum atomic E-state index is 4.05. The van der Waals surface area contributed by atoms with Crippen molar-refractivity contribution in [1.82, 2.24) is 0 Å². The van der Waals surface area contributed by atoms with Gasteiger partial charge in [-0.25, -0.2) is 0 Å². The number of hydrogen-bond donors (Lipinski definition) is 0. The predicted molar refractivity (Wildman–Crippen MR) is 84.7 cm³/mol. The van der Waals surface area contributed by atoms with Crippen LogP contribution in [0.25, 0.3) is 0 Å². The summed E-state index contributed by atoms with van der Waals surface area (Å²) in [6.07, 6.45) is 11.2. The molecule has 4 atom stereocenters. The minimum atomic E-state index is 0.412. The van der Waals surface area contributed by atoms with Gasteiger partial charge in [-0.2, -0.15) is 0 Å². The van der Waals surface area contributed by atoms with Crippen LogP contribution in [0.5, 0.6) is 0 Å². The van der Waals surface area contributed by atoms with E-state index in [9.17, 15) is 0 Å². The van der Waals surface area contributed by atoms with Crippen molar-refractivity contribution in [3.05, 3.63) is 59.7 Å². The lowest BCUT2D eigenvalue weighted by Gasteiger charge is -2.50. The smallest absolute Gasteiger partial charge is 0.00444 e. The van der Waals surface area contributed by atoms with Gasteiger partial charge in [0.2, 0.25) is 0 Å². The van der Waals surface area contributed by atoms with Crippen LogP contribution in [-0.4, -0.2) is 0 Å². The fourth-order valence-corrected chi connectivity index (χ4v) is 5.44. The van der Waals surface area contributed by atoms with Crippen molar-refractivity contribution in [2.45, 2.75) is 44.9 Å². The summed E-state index contributed by atoms with van der Waals surface area (Å²) in [5.74, 6) is 2.55. The van der Waals surface area contributed by atoms with E-state index < -0.39 is 0 Å². The van der Waals surface area contributed by atoms with Gasteiger partial charge in [0.05, 0.1) is 0 Å². The van der Waals surface area contributed by atoms with Crippen molar-refractivity contribution in [2.75, 3.05) is 0 Å². The van der Waals surface area contributed by atoms with Crippen LogP contribution in [0.3, 0.4) is 0 Å². The van der Waals surface area contributed by atoms with Gasteiger partial charge in [-0.15, -0.1) is 0 Å². The molecule has 1 aromatic rings. The number of hydrogen-bond acceptors (Lipinski definition) is 0. The Morgan fingerprint density at radius 2 is 2.10 bits per heavy atom. The zero-order valence-electron chi connectivity index (χ0n) is 12.4. The van der Waals surface area contributed by atoms with Crippen LogP contribution in [0.1, 0.15) is 49.7 Å². The Balaban J connectivity index is 1.72. The highest BCUT2D eigenvalue weighted by Crippen LogP contribution is 2.61. The Morgan fingerprint density at radius 1 is 1.25 bits per heavy atom. The molecule has 0 saturated heterocycles. The van der Waals surface area contributed by atoms with E-state index in [-0.39, 0.29) is 0 Å². The van der Waals surface area contributed by atoms with E-state index in [2.05, 4.69) is 49.9 Å². The maximum absolute atomic E-state index is 4.05. The molecule has 4 rings (SSSR count). The molecule has 0 radical (unpaired) electrons. The third kappa shape index (κ3) is 1.54. The number of aryl methyl sites for hydroxylation is 1. The molecule has 0 N–H and O–H groups in total. The van der Waals surface area contributed by atoms with Gasteiger partial charge in [0, 0.05) is 0 Å². The van der Waals surface area contributed by atoms with Crippen LogP contribution in [0.2, 0.25) is 0 Å². The van der Waals surface area contributed by atoms with Gasteiger partial charge in [-0.3, -0.25) is 0 Å². The van der Waals surface area contributed by atoms with Crippen LogP contribution in [-0.2, 0) is 6.42 Å². The lowest BCUT2D eigenvalue weighted by Crippen LogP contribution is -2.40. The first-order valence-corrected chi connectivity index (χ1v) is 8.15. The molecular weight excluding hydrogens is 240 g/mol. The fraction of sp³-hybridized carbons (Fsp3) is 0.500. The molecule has 104 valence electrons. The van der Waals surface area contributed by atoms with Crippen molar-refractivity contribution in [2.24, 2.45) is 17.3 Å². The number of rotatable bonds is 1. The average molecular weight is 264 g/mol. The largest absolute Gasteiger partial charge is 0.0988 e. The first-order chi connectivity index (χ1) is 9.74. The molecular formula is C20H24. The summed E-state index contributed by atoms with van der Waals surface area (Å²) in [5.41, 5.74) is 5.22.